The lowest BCUT2D eigenvalue weighted by Crippen LogP contribution is -2.49. The molecule has 1 saturated heterocycles. The molecule has 1 aliphatic rings. The summed E-state index contributed by atoms with van der Waals surface area (Å²) in [6, 6.07) is 8.47. The van der Waals surface area contributed by atoms with Crippen LogP contribution in [0.3, 0.4) is 0 Å². The molecule has 0 unspecified atom stereocenters. The van der Waals surface area contributed by atoms with Gasteiger partial charge in [0.1, 0.15) is 12.1 Å². The van der Waals surface area contributed by atoms with Gasteiger partial charge >= 0.3 is 6.18 Å². The molecule has 1 fully saturated rings. The molecule has 0 atom stereocenters. The molecule has 164 valence electrons. The van der Waals surface area contributed by atoms with Gasteiger partial charge in [-0.15, -0.1) is 0 Å². The number of nitrogens with zero attached hydrogens (tertiary/aromatic N) is 4. The Morgan fingerprint density at radius 3 is 2.39 bits per heavy atom. The van der Waals surface area contributed by atoms with Crippen LogP contribution in [0.15, 0.2) is 47.6 Å². The van der Waals surface area contributed by atoms with E-state index < -0.39 is 31.7 Å². The average Bonchev–Trinajstić information content (AvgIpc) is 2.72. The SMILES string of the molecule is Cc1ccc2ncnc(N3CCN(S(=O)(=O)c4ccc(Cl)c(C(F)(F)F)c4)CC3)c2c1. The van der Waals surface area contributed by atoms with Gasteiger partial charge in [-0.2, -0.15) is 17.5 Å². The van der Waals surface area contributed by atoms with Crippen LogP contribution < -0.4 is 4.90 Å². The van der Waals surface area contributed by atoms with Crippen molar-refractivity contribution in [2.75, 3.05) is 31.1 Å². The average molecular weight is 471 g/mol. The molecule has 1 aliphatic heterocycles. The largest absolute Gasteiger partial charge is 0.417 e. The van der Waals surface area contributed by atoms with Crippen molar-refractivity contribution >= 4 is 38.3 Å². The number of sulfonamides is 1. The van der Waals surface area contributed by atoms with E-state index in [9.17, 15) is 21.6 Å². The smallest absolute Gasteiger partial charge is 0.353 e. The van der Waals surface area contributed by atoms with Crippen molar-refractivity contribution in [1.29, 1.82) is 0 Å². The fourth-order valence-corrected chi connectivity index (χ4v) is 5.25. The van der Waals surface area contributed by atoms with Crippen molar-refractivity contribution in [3.05, 3.63) is 58.9 Å². The van der Waals surface area contributed by atoms with Crippen molar-refractivity contribution in [3.63, 3.8) is 0 Å². The minimum atomic E-state index is -4.74. The number of aryl methyl sites for hydroxylation is 1. The summed E-state index contributed by atoms with van der Waals surface area (Å²) in [6.45, 7) is 2.88. The topological polar surface area (TPSA) is 66.4 Å². The zero-order chi connectivity index (χ0) is 22.4. The Morgan fingerprint density at radius 1 is 1.00 bits per heavy atom. The van der Waals surface area contributed by atoms with Gasteiger partial charge in [0.2, 0.25) is 10.0 Å². The first kappa shape index (κ1) is 21.8. The second-order valence-electron chi connectivity index (χ2n) is 7.25. The van der Waals surface area contributed by atoms with E-state index in [0.29, 0.717) is 25.0 Å². The van der Waals surface area contributed by atoms with Crippen molar-refractivity contribution in [2.45, 2.75) is 18.0 Å². The molecule has 0 aliphatic carbocycles. The number of halogens is 4. The number of hydrogen-bond donors (Lipinski definition) is 0. The molecule has 3 aromatic rings. The highest BCUT2D eigenvalue weighted by molar-refractivity contribution is 7.89. The first-order valence-electron chi connectivity index (χ1n) is 9.40. The molecule has 31 heavy (non-hydrogen) atoms. The van der Waals surface area contributed by atoms with E-state index in [2.05, 4.69) is 9.97 Å². The predicted molar refractivity (Wildman–Crippen MR) is 112 cm³/mol. The van der Waals surface area contributed by atoms with E-state index in [1.807, 2.05) is 30.0 Å². The normalized spacial score (nSPS) is 16.1. The maximum Gasteiger partial charge on any atom is 0.417 e. The lowest BCUT2D eigenvalue weighted by atomic mass is 10.1. The lowest BCUT2D eigenvalue weighted by molar-refractivity contribution is -0.137. The molecule has 11 heteroatoms. The zero-order valence-electron chi connectivity index (χ0n) is 16.4. The molecule has 6 nitrogen and oxygen atoms in total. The molecule has 2 heterocycles. The standard InChI is InChI=1S/C20H18ClF3N4O2S/c1-13-2-5-18-15(10-13)19(26-12-25-18)27-6-8-28(9-7-27)31(29,30)14-3-4-17(21)16(11-14)20(22,23)24/h2-5,10-12H,6-9H2,1H3. The minimum absolute atomic E-state index is 0.115. The second-order valence-corrected chi connectivity index (χ2v) is 9.59. The lowest BCUT2D eigenvalue weighted by Gasteiger charge is -2.35. The number of fused-ring (bicyclic) bond motifs is 1. The third-order valence-electron chi connectivity index (χ3n) is 5.19. The van der Waals surface area contributed by atoms with Crippen molar-refractivity contribution in [3.8, 4) is 0 Å². The number of piperazine rings is 1. The summed E-state index contributed by atoms with van der Waals surface area (Å²) >= 11 is 5.62. The van der Waals surface area contributed by atoms with Crippen LogP contribution in [0.2, 0.25) is 5.02 Å². The first-order chi connectivity index (χ1) is 14.6. The summed E-state index contributed by atoms with van der Waals surface area (Å²) in [5.74, 6) is 0.705. The molecular weight excluding hydrogens is 453 g/mol. The fourth-order valence-electron chi connectivity index (χ4n) is 3.58. The summed E-state index contributed by atoms with van der Waals surface area (Å²) in [6.07, 6.45) is -3.28. The van der Waals surface area contributed by atoms with Gasteiger partial charge in [-0.05, 0) is 37.3 Å². The molecule has 0 amide bonds. The van der Waals surface area contributed by atoms with Crippen molar-refractivity contribution < 1.29 is 21.6 Å². The number of anilines is 1. The molecule has 2 aromatic carbocycles. The Balaban J connectivity index is 1.57. The van der Waals surface area contributed by atoms with Crippen LogP contribution in [0.5, 0.6) is 0 Å². The van der Waals surface area contributed by atoms with E-state index in [0.717, 1.165) is 28.6 Å². The highest BCUT2D eigenvalue weighted by Gasteiger charge is 2.36. The number of alkyl halides is 3. The number of rotatable bonds is 3. The predicted octanol–water partition coefficient (Wildman–Crippen LogP) is 4.12. The zero-order valence-corrected chi connectivity index (χ0v) is 18.0. The van der Waals surface area contributed by atoms with Gasteiger partial charge < -0.3 is 4.90 Å². The van der Waals surface area contributed by atoms with Crippen LogP contribution in [0.4, 0.5) is 19.0 Å². The Hall–Kier alpha value is -2.43. The second kappa shape index (κ2) is 7.92. The Bertz CT molecular complexity index is 1240. The van der Waals surface area contributed by atoms with Crippen LogP contribution >= 0.6 is 11.6 Å². The molecule has 0 saturated carbocycles. The number of benzene rings is 2. The third kappa shape index (κ3) is 4.19. The van der Waals surface area contributed by atoms with Crippen LogP contribution in [-0.2, 0) is 16.2 Å². The van der Waals surface area contributed by atoms with Gasteiger partial charge in [0.25, 0.3) is 0 Å². The summed E-state index contributed by atoms with van der Waals surface area (Å²) in [4.78, 5) is 10.2. The van der Waals surface area contributed by atoms with Crippen LogP contribution in [-0.4, -0.2) is 48.9 Å². The summed E-state index contributed by atoms with van der Waals surface area (Å²) < 4.78 is 66.5. The molecule has 0 bridgehead atoms. The maximum absolute atomic E-state index is 13.1. The Morgan fingerprint density at radius 2 is 1.71 bits per heavy atom. The van der Waals surface area contributed by atoms with Crippen LogP contribution in [0.25, 0.3) is 10.9 Å². The molecule has 4 rings (SSSR count). The van der Waals surface area contributed by atoms with E-state index in [1.54, 1.807) is 0 Å². The van der Waals surface area contributed by atoms with Gasteiger partial charge in [0, 0.05) is 31.6 Å². The monoisotopic (exact) mass is 470 g/mol. The third-order valence-corrected chi connectivity index (χ3v) is 7.41. The Labute approximate surface area is 182 Å². The summed E-state index contributed by atoms with van der Waals surface area (Å²) in [7, 11) is -4.10. The summed E-state index contributed by atoms with van der Waals surface area (Å²) in [5.41, 5.74) is 0.663. The molecule has 1 aromatic heterocycles. The van der Waals surface area contributed by atoms with Crippen LogP contribution in [0.1, 0.15) is 11.1 Å². The highest BCUT2D eigenvalue weighted by atomic mass is 35.5. The molecule has 0 radical (unpaired) electrons. The van der Waals surface area contributed by atoms with Gasteiger partial charge in [-0.25, -0.2) is 18.4 Å². The van der Waals surface area contributed by atoms with Crippen molar-refractivity contribution in [1.82, 2.24) is 14.3 Å². The van der Waals surface area contributed by atoms with Crippen molar-refractivity contribution in [2.24, 2.45) is 0 Å². The van der Waals surface area contributed by atoms with Gasteiger partial charge in [0.05, 0.1) is 21.0 Å². The number of aromatic nitrogens is 2. The molecular formula is C20H18ClF3N4O2S. The quantitative estimate of drug-likeness (QED) is 0.576. The van der Waals surface area contributed by atoms with Crippen LogP contribution in [0, 0.1) is 6.92 Å². The number of hydrogen-bond acceptors (Lipinski definition) is 5. The fraction of sp³-hybridized carbons (Fsp3) is 0.300. The highest BCUT2D eigenvalue weighted by Crippen LogP contribution is 2.36. The van der Waals surface area contributed by atoms with Gasteiger partial charge in [-0.1, -0.05) is 23.2 Å². The Kier molecular flexibility index (Phi) is 5.57. The molecule has 0 N–H and O–H groups in total. The van der Waals surface area contributed by atoms with Gasteiger partial charge in [0.15, 0.2) is 0 Å². The van der Waals surface area contributed by atoms with Gasteiger partial charge in [-0.3, -0.25) is 0 Å². The minimum Gasteiger partial charge on any atom is -0.353 e. The molecule has 0 spiro atoms. The van der Waals surface area contributed by atoms with E-state index in [4.69, 9.17) is 11.6 Å². The van der Waals surface area contributed by atoms with E-state index in [-0.39, 0.29) is 13.1 Å². The summed E-state index contributed by atoms with van der Waals surface area (Å²) in [5, 5.41) is 0.327. The maximum atomic E-state index is 13.1. The van der Waals surface area contributed by atoms with E-state index >= 15 is 0 Å². The first-order valence-corrected chi connectivity index (χ1v) is 11.2. The van der Waals surface area contributed by atoms with E-state index in [1.165, 1.54) is 10.6 Å².